The van der Waals surface area contributed by atoms with Crippen LogP contribution < -0.4 is 10.1 Å². The number of ether oxygens (including phenoxy) is 1. The number of anilines is 1. The van der Waals surface area contributed by atoms with Gasteiger partial charge in [-0.2, -0.15) is 0 Å². The van der Waals surface area contributed by atoms with Gasteiger partial charge in [0.1, 0.15) is 11.5 Å². The molecule has 110 valence electrons. The van der Waals surface area contributed by atoms with Crippen LogP contribution in [0.3, 0.4) is 0 Å². The van der Waals surface area contributed by atoms with Gasteiger partial charge in [-0.25, -0.2) is 0 Å². The second-order valence-electron chi connectivity index (χ2n) is 5.65. The Labute approximate surface area is 125 Å². The summed E-state index contributed by atoms with van der Waals surface area (Å²) in [5.41, 5.74) is 4.88. The normalized spacial score (nSPS) is 17.1. The molecule has 2 aromatic carbocycles. The van der Waals surface area contributed by atoms with E-state index in [9.17, 15) is 5.11 Å². The van der Waals surface area contributed by atoms with Gasteiger partial charge in [-0.05, 0) is 73.2 Å². The smallest absolute Gasteiger partial charge is 0.119 e. The molecule has 21 heavy (non-hydrogen) atoms. The topological polar surface area (TPSA) is 41.5 Å². The maximum Gasteiger partial charge on any atom is 0.119 e. The summed E-state index contributed by atoms with van der Waals surface area (Å²) in [6, 6.07) is 12.1. The van der Waals surface area contributed by atoms with Crippen molar-refractivity contribution in [2.75, 3.05) is 12.4 Å². The summed E-state index contributed by atoms with van der Waals surface area (Å²) in [6.45, 7) is 2.01. The van der Waals surface area contributed by atoms with Gasteiger partial charge >= 0.3 is 0 Å². The molecule has 1 atom stereocenters. The fraction of sp³-hybridized carbons (Fsp3) is 0.333. The number of aromatic hydroxyl groups is 1. The van der Waals surface area contributed by atoms with Gasteiger partial charge in [0, 0.05) is 5.69 Å². The van der Waals surface area contributed by atoms with E-state index in [-0.39, 0.29) is 0 Å². The molecular weight excluding hydrogens is 262 g/mol. The van der Waals surface area contributed by atoms with Crippen molar-refractivity contribution in [3.05, 3.63) is 53.1 Å². The second-order valence-corrected chi connectivity index (χ2v) is 5.65. The highest BCUT2D eigenvalue weighted by Crippen LogP contribution is 2.35. The number of rotatable bonds is 3. The van der Waals surface area contributed by atoms with Gasteiger partial charge in [-0.1, -0.05) is 6.07 Å². The van der Waals surface area contributed by atoms with Crippen LogP contribution in [0.25, 0.3) is 0 Å². The molecule has 2 N–H and O–H groups in total. The lowest BCUT2D eigenvalue weighted by molar-refractivity contribution is 0.413. The van der Waals surface area contributed by atoms with E-state index in [1.807, 2.05) is 19.1 Å². The Bertz CT molecular complexity index is 652. The number of methoxy groups -OCH3 is 1. The van der Waals surface area contributed by atoms with Crippen LogP contribution in [0.15, 0.2) is 36.4 Å². The van der Waals surface area contributed by atoms with E-state index in [2.05, 4.69) is 17.4 Å². The quantitative estimate of drug-likeness (QED) is 0.830. The monoisotopic (exact) mass is 283 g/mol. The molecule has 0 fully saturated rings. The number of nitrogens with one attached hydrogen (secondary N) is 1. The first-order valence-electron chi connectivity index (χ1n) is 7.40. The lowest BCUT2D eigenvalue weighted by Crippen LogP contribution is -2.17. The first-order valence-corrected chi connectivity index (χ1v) is 7.40. The molecule has 1 unspecified atom stereocenters. The van der Waals surface area contributed by atoms with Crippen LogP contribution in [0.4, 0.5) is 5.69 Å². The van der Waals surface area contributed by atoms with Gasteiger partial charge in [0.05, 0.1) is 13.2 Å². The molecule has 3 rings (SSSR count). The third kappa shape index (κ3) is 2.82. The molecule has 2 aromatic rings. The number of phenols is 1. The maximum atomic E-state index is 9.52. The van der Waals surface area contributed by atoms with Crippen molar-refractivity contribution >= 4 is 5.69 Å². The average molecular weight is 283 g/mol. The predicted molar refractivity (Wildman–Crippen MR) is 85.1 cm³/mol. The molecule has 1 aliphatic rings. The minimum atomic E-state index is 0.312. The SMILES string of the molecule is COc1ccc2c(c1)CCCC2Nc1ccc(O)cc1C. The van der Waals surface area contributed by atoms with Crippen LogP contribution in [0.5, 0.6) is 11.5 Å². The van der Waals surface area contributed by atoms with Crippen LogP contribution in [0.1, 0.15) is 35.6 Å². The third-order valence-corrected chi connectivity index (χ3v) is 4.20. The van der Waals surface area contributed by atoms with Gasteiger partial charge in [0.25, 0.3) is 0 Å². The molecule has 3 heteroatoms. The minimum absolute atomic E-state index is 0.312. The Morgan fingerprint density at radius 2 is 2.05 bits per heavy atom. The Morgan fingerprint density at radius 3 is 2.81 bits per heavy atom. The molecule has 0 bridgehead atoms. The van der Waals surface area contributed by atoms with Crippen LogP contribution >= 0.6 is 0 Å². The summed E-state index contributed by atoms with van der Waals surface area (Å²) >= 11 is 0. The standard InChI is InChI=1S/C18H21NO2/c1-12-10-14(20)6-9-17(12)19-18-5-3-4-13-11-15(21-2)7-8-16(13)18/h6-11,18-20H,3-5H2,1-2H3. The first-order chi connectivity index (χ1) is 10.2. The van der Waals surface area contributed by atoms with Crippen LogP contribution in [-0.4, -0.2) is 12.2 Å². The Hall–Kier alpha value is -2.16. The summed E-state index contributed by atoms with van der Waals surface area (Å²) in [4.78, 5) is 0. The highest BCUT2D eigenvalue weighted by Gasteiger charge is 2.21. The van der Waals surface area contributed by atoms with Crippen molar-refractivity contribution in [3.8, 4) is 11.5 Å². The number of phenolic OH excluding ortho intramolecular Hbond substituents is 1. The van der Waals surface area contributed by atoms with Crippen molar-refractivity contribution in [2.24, 2.45) is 0 Å². The zero-order valence-corrected chi connectivity index (χ0v) is 12.5. The van der Waals surface area contributed by atoms with E-state index in [4.69, 9.17) is 4.74 Å². The van der Waals surface area contributed by atoms with Crippen molar-refractivity contribution in [1.82, 2.24) is 0 Å². The molecule has 0 amide bonds. The van der Waals surface area contributed by atoms with Gasteiger partial charge in [0.2, 0.25) is 0 Å². The number of hydrogen-bond acceptors (Lipinski definition) is 3. The molecule has 0 aliphatic heterocycles. The highest BCUT2D eigenvalue weighted by molar-refractivity contribution is 5.55. The molecule has 1 aliphatic carbocycles. The zero-order valence-electron chi connectivity index (χ0n) is 12.5. The fourth-order valence-corrected chi connectivity index (χ4v) is 3.07. The van der Waals surface area contributed by atoms with Crippen molar-refractivity contribution in [2.45, 2.75) is 32.2 Å². The Kier molecular flexibility index (Phi) is 3.74. The zero-order chi connectivity index (χ0) is 14.8. The number of hydrogen-bond donors (Lipinski definition) is 2. The van der Waals surface area contributed by atoms with Crippen molar-refractivity contribution in [3.63, 3.8) is 0 Å². The van der Waals surface area contributed by atoms with E-state index >= 15 is 0 Å². The fourth-order valence-electron chi connectivity index (χ4n) is 3.07. The lowest BCUT2D eigenvalue weighted by atomic mass is 9.87. The molecule has 0 heterocycles. The predicted octanol–water partition coefficient (Wildman–Crippen LogP) is 4.20. The van der Waals surface area contributed by atoms with E-state index in [0.29, 0.717) is 11.8 Å². The molecule has 0 saturated heterocycles. The van der Waals surface area contributed by atoms with Gasteiger partial charge in [-0.15, -0.1) is 0 Å². The highest BCUT2D eigenvalue weighted by atomic mass is 16.5. The van der Waals surface area contributed by atoms with Gasteiger partial charge in [-0.3, -0.25) is 0 Å². The van der Waals surface area contributed by atoms with E-state index in [1.54, 1.807) is 19.2 Å². The summed E-state index contributed by atoms with van der Waals surface area (Å²) < 4.78 is 5.32. The Balaban J connectivity index is 1.88. The molecule has 3 nitrogen and oxygen atoms in total. The molecular formula is C18H21NO2. The second kappa shape index (κ2) is 5.68. The minimum Gasteiger partial charge on any atom is -0.508 e. The summed E-state index contributed by atoms with van der Waals surface area (Å²) in [7, 11) is 1.71. The van der Waals surface area contributed by atoms with E-state index < -0.39 is 0 Å². The molecule has 0 spiro atoms. The average Bonchev–Trinajstić information content (AvgIpc) is 2.49. The van der Waals surface area contributed by atoms with Crippen molar-refractivity contribution in [1.29, 1.82) is 0 Å². The van der Waals surface area contributed by atoms with Gasteiger partial charge < -0.3 is 15.2 Å². The lowest BCUT2D eigenvalue weighted by Gasteiger charge is -2.28. The molecule has 0 radical (unpaired) electrons. The maximum absolute atomic E-state index is 9.52. The number of benzene rings is 2. The molecule has 0 aromatic heterocycles. The third-order valence-electron chi connectivity index (χ3n) is 4.20. The van der Waals surface area contributed by atoms with E-state index in [0.717, 1.165) is 29.8 Å². The molecule has 0 saturated carbocycles. The van der Waals surface area contributed by atoms with Crippen molar-refractivity contribution < 1.29 is 9.84 Å². The van der Waals surface area contributed by atoms with Crippen LogP contribution in [0, 0.1) is 6.92 Å². The van der Waals surface area contributed by atoms with E-state index in [1.165, 1.54) is 17.5 Å². The summed E-state index contributed by atoms with van der Waals surface area (Å²) in [5, 5.41) is 13.1. The summed E-state index contributed by atoms with van der Waals surface area (Å²) in [5.74, 6) is 1.24. The van der Waals surface area contributed by atoms with Crippen LogP contribution in [-0.2, 0) is 6.42 Å². The number of aryl methyl sites for hydroxylation is 2. The van der Waals surface area contributed by atoms with Gasteiger partial charge in [0.15, 0.2) is 0 Å². The van der Waals surface area contributed by atoms with Crippen LogP contribution in [0.2, 0.25) is 0 Å². The summed E-state index contributed by atoms with van der Waals surface area (Å²) in [6.07, 6.45) is 3.41. The first kappa shape index (κ1) is 13.8. The Morgan fingerprint density at radius 1 is 1.19 bits per heavy atom. The number of fused-ring (bicyclic) bond motifs is 1. The largest absolute Gasteiger partial charge is 0.508 e.